The van der Waals surface area contributed by atoms with Gasteiger partial charge in [0.05, 0.1) is 11.5 Å². The summed E-state index contributed by atoms with van der Waals surface area (Å²) in [5, 5.41) is 1.22. The van der Waals surface area contributed by atoms with Crippen LogP contribution in [0.1, 0.15) is 129 Å². The molecule has 0 radical (unpaired) electrons. The molecule has 1 nitrogen and oxygen atoms in total. The van der Waals surface area contributed by atoms with Crippen LogP contribution in [0.5, 0.6) is 0 Å². The zero-order valence-corrected chi connectivity index (χ0v) is 54.4. The Morgan fingerprint density at radius 1 is 0.362 bits per heavy atom. The summed E-state index contributed by atoms with van der Waals surface area (Å²) in [5.41, 5.74) is 9.52. The quantitative estimate of drug-likeness (QED) is 0.127. The van der Waals surface area contributed by atoms with E-state index in [1.54, 1.807) is 82.3 Å². The fourth-order valence-corrected chi connectivity index (χ4v) is 11.7. The van der Waals surface area contributed by atoms with E-state index in [-0.39, 0.29) is 45.6 Å². The Labute approximate surface area is 538 Å². The predicted molar refractivity (Wildman–Crippen MR) is 343 cm³/mol. The SMILES string of the molecule is Cc1c(F)c(F)c(C)c(F)c1F.Cc1cc2c(cc1F)-c1c(cc(C)c(F)c1F)C2.Cc1cc2ccc(C)c(F)c2c(F)c1F.Cc1ccc(C(C)(F)OC2CCC(C)CC2)cc1.Cc1ccc2c(c1F)Cc1c-2ccc(C)c1F.Cc1ccc2cc(C)c(F)c(F)c2c1. The summed E-state index contributed by atoms with van der Waals surface area (Å²) in [6.45, 7) is 20.8. The van der Waals surface area contributed by atoms with Crippen molar-refractivity contribution in [2.45, 2.75) is 140 Å². The Morgan fingerprint density at radius 2 is 0.809 bits per heavy atom. The van der Waals surface area contributed by atoms with Crippen LogP contribution in [-0.4, -0.2) is 6.10 Å². The second kappa shape index (κ2) is 29.1. The smallest absolute Gasteiger partial charge is 0.232 e. The van der Waals surface area contributed by atoms with E-state index in [4.69, 9.17) is 4.74 Å². The maximum absolute atomic E-state index is 14.6. The molecule has 16 heteroatoms. The van der Waals surface area contributed by atoms with Gasteiger partial charge >= 0.3 is 0 Å². The molecule has 1 unspecified atom stereocenters. The molecule has 0 amide bonds. The third-order valence-electron chi connectivity index (χ3n) is 17.5. The third kappa shape index (κ3) is 15.1. The summed E-state index contributed by atoms with van der Waals surface area (Å²) in [5.74, 6) is -13.0. The minimum atomic E-state index is -1.67. The lowest BCUT2D eigenvalue weighted by Gasteiger charge is -2.32. The highest BCUT2D eigenvalue weighted by molar-refractivity contribution is 5.86. The molecule has 10 aromatic carbocycles. The fourth-order valence-electron chi connectivity index (χ4n) is 11.7. The largest absolute Gasteiger partial charge is 0.339 e. The number of rotatable bonds is 3. The van der Waals surface area contributed by atoms with Gasteiger partial charge in [-0.25, -0.2) is 65.9 Å². The third-order valence-corrected chi connectivity index (χ3v) is 17.5. The molecular weight excluding hydrogens is 1240 g/mol. The Morgan fingerprint density at radius 3 is 1.35 bits per heavy atom. The summed E-state index contributed by atoms with van der Waals surface area (Å²) in [7, 11) is 0. The van der Waals surface area contributed by atoms with Gasteiger partial charge in [0.2, 0.25) is 5.85 Å². The molecular formula is C78H71F15O. The van der Waals surface area contributed by atoms with Crippen LogP contribution in [0.25, 0.3) is 43.8 Å². The number of ether oxygens (including phenoxy) is 1. The number of halogens is 15. The average Bonchev–Trinajstić information content (AvgIpc) is 1.59. The molecule has 0 aliphatic heterocycles. The van der Waals surface area contributed by atoms with Crippen LogP contribution in [-0.2, 0) is 23.4 Å². The highest BCUT2D eigenvalue weighted by Crippen LogP contribution is 2.43. The number of alkyl halides is 1. The second-order valence-electron chi connectivity index (χ2n) is 24.9. The molecule has 3 aliphatic rings. The van der Waals surface area contributed by atoms with Crippen molar-refractivity contribution >= 4 is 21.5 Å². The van der Waals surface area contributed by atoms with Gasteiger partial charge in [-0.05, 0) is 223 Å². The summed E-state index contributed by atoms with van der Waals surface area (Å²) in [4.78, 5) is 0. The Kier molecular flexibility index (Phi) is 22.1. The summed E-state index contributed by atoms with van der Waals surface area (Å²) in [6, 6.07) is 31.0. The predicted octanol–water partition coefficient (Wildman–Crippen LogP) is 23.6. The van der Waals surface area contributed by atoms with Gasteiger partial charge in [0.1, 0.15) is 23.3 Å². The zero-order valence-electron chi connectivity index (χ0n) is 54.4. The highest BCUT2D eigenvalue weighted by atomic mass is 19.2. The molecule has 0 aromatic heterocycles. The Hall–Kier alpha value is -8.37. The van der Waals surface area contributed by atoms with E-state index in [0.717, 1.165) is 84.2 Å². The van der Waals surface area contributed by atoms with Crippen molar-refractivity contribution in [1.82, 2.24) is 0 Å². The van der Waals surface area contributed by atoms with Crippen LogP contribution in [0.2, 0.25) is 0 Å². The molecule has 0 spiro atoms. The molecule has 1 saturated carbocycles. The van der Waals surface area contributed by atoms with E-state index < -0.39 is 81.0 Å². The van der Waals surface area contributed by atoms with E-state index >= 15 is 0 Å². The van der Waals surface area contributed by atoms with E-state index in [1.807, 2.05) is 56.3 Å². The normalized spacial score (nSPS) is 14.7. The molecule has 1 fully saturated rings. The first-order valence-corrected chi connectivity index (χ1v) is 30.6. The van der Waals surface area contributed by atoms with Gasteiger partial charge in [0, 0.05) is 45.2 Å². The lowest BCUT2D eigenvalue weighted by molar-refractivity contribution is -0.183. The monoisotopic (exact) mass is 1310 g/mol. The van der Waals surface area contributed by atoms with Crippen molar-refractivity contribution in [1.29, 1.82) is 0 Å². The van der Waals surface area contributed by atoms with Gasteiger partial charge in [-0.3, -0.25) is 0 Å². The molecule has 10 aromatic rings. The van der Waals surface area contributed by atoms with Gasteiger partial charge in [0.15, 0.2) is 58.2 Å². The molecule has 0 heterocycles. The van der Waals surface area contributed by atoms with Crippen molar-refractivity contribution in [3.63, 3.8) is 0 Å². The van der Waals surface area contributed by atoms with E-state index in [2.05, 4.69) is 6.92 Å². The first kappa shape index (κ1) is 71.5. The molecule has 0 N–H and O–H groups in total. The van der Waals surface area contributed by atoms with Crippen molar-refractivity contribution in [3.05, 3.63) is 280 Å². The van der Waals surface area contributed by atoms with Crippen molar-refractivity contribution in [2.75, 3.05) is 0 Å². The fraction of sp³-hybridized carbons (Fsp3) is 0.282. The van der Waals surface area contributed by atoms with Crippen LogP contribution >= 0.6 is 0 Å². The lowest BCUT2D eigenvalue weighted by Crippen LogP contribution is -2.30. The highest BCUT2D eigenvalue weighted by Gasteiger charge is 2.33. The molecule has 1 atom stereocenters. The molecule has 94 heavy (non-hydrogen) atoms. The molecule has 0 bridgehead atoms. The average molecular weight is 1310 g/mol. The topological polar surface area (TPSA) is 9.23 Å². The van der Waals surface area contributed by atoms with Crippen LogP contribution < -0.4 is 0 Å². The summed E-state index contributed by atoms with van der Waals surface area (Å²) < 4.78 is 207. The number of aryl methyl sites for hydroxylation is 9. The maximum atomic E-state index is 14.6. The number of fused-ring (bicyclic) bond motifs is 8. The van der Waals surface area contributed by atoms with Crippen LogP contribution in [0.4, 0.5) is 65.9 Å². The Balaban J connectivity index is 0.000000145. The zero-order chi connectivity index (χ0) is 69.3. The number of hydrogen-bond acceptors (Lipinski definition) is 1. The second-order valence-corrected chi connectivity index (χ2v) is 24.9. The molecule has 0 saturated heterocycles. The van der Waals surface area contributed by atoms with E-state index in [1.165, 1.54) is 39.8 Å². The Bertz CT molecular complexity index is 4360. The van der Waals surface area contributed by atoms with Crippen LogP contribution in [0.3, 0.4) is 0 Å². The summed E-state index contributed by atoms with van der Waals surface area (Å²) in [6.07, 6.45) is 5.22. The first-order valence-electron chi connectivity index (χ1n) is 30.6. The lowest BCUT2D eigenvalue weighted by atomic mass is 9.88. The van der Waals surface area contributed by atoms with Crippen molar-refractivity contribution in [3.8, 4) is 22.3 Å². The van der Waals surface area contributed by atoms with Gasteiger partial charge in [-0.15, -0.1) is 0 Å². The van der Waals surface area contributed by atoms with Gasteiger partial charge in [0.25, 0.3) is 0 Å². The van der Waals surface area contributed by atoms with Crippen molar-refractivity contribution < 1.29 is 70.6 Å². The summed E-state index contributed by atoms with van der Waals surface area (Å²) >= 11 is 0. The van der Waals surface area contributed by atoms with E-state index in [9.17, 15) is 65.9 Å². The number of hydrogen-bond donors (Lipinski definition) is 0. The first-order chi connectivity index (χ1) is 44.1. The van der Waals surface area contributed by atoms with Crippen molar-refractivity contribution in [2.24, 2.45) is 5.92 Å². The van der Waals surface area contributed by atoms with Crippen LogP contribution in [0, 0.1) is 164 Å². The van der Waals surface area contributed by atoms with Gasteiger partial charge < -0.3 is 4.74 Å². The standard InChI is InChI=1S/C16H23FO.C15H11F3.C15H12F2.C12H9F3.C12H10F2.C8H6F4/c1-12-4-8-14(9-5-12)16(3,17)18-15-10-6-13(2)7-11-15;1-7-3-9-5-10-4-8(2)14(17)15(18)13(10)11(9)6-12(7)16;1-8-3-5-10-11-6-4-9(2)15(17)13(11)7-12(10)14(8)16;1-6-3-4-8-5-7(2)11(14)12(15)9(8)10(6)13;1-7-3-4-9-6-8(2)11(13)12(14)10(9)5-7;1-3-5(9)7(11)4(2)8(12)6(3)10/h4-5,8-9,13,15H,6-7,10-11H2,1-3H3;3-4,6H,5H2,1-2H3;3-6H,7H2,1-2H3;3-5H,1-2H3;3-6H,1-2H3;1-2H3. The number of benzene rings is 10. The van der Waals surface area contributed by atoms with E-state index in [0.29, 0.717) is 73.7 Å². The molecule has 494 valence electrons. The van der Waals surface area contributed by atoms with Crippen LogP contribution in [0.15, 0.2) is 109 Å². The van der Waals surface area contributed by atoms with Gasteiger partial charge in [-0.2, -0.15) is 0 Å². The molecule has 3 aliphatic carbocycles. The maximum Gasteiger partial charge on any atom is 0.232 e. The minimum absolute atomic E-state index is 0.0671. The minimum Gasteiger partial charge on any atom is -0.339 e. The molecule has 13 rings (SSSR count). The van der Waals surface area contributed by atoms with Gasteiger partial charge in [-0.1, -0.05) is 103 Å².